The molecular formula is C23H32N4O2. The van der Waals surface area contributed by atoms with Crippen molar-refractivity contribution >= 4 is 5.95 Å². The van der Waals surface area contributed by atoms with Crippen molar-refractivity contribution in [1.82, 2.24) is 14.9 Å². The molecule has 1 aromatic carbocycles. The second-order valence-corrected chi connectivity index (χ2v) is 7.53. The average molecular weight is 397 g/mol. The van der Waals surface area contributed by atoms with E-state index in [1.807, 2.05) is 32.1 Å². The summed E-state index contributed by atoms with van der Waals surface area (Å²) in [6, 6.07) is 8.37. The number of nitrogens with one attached hydrogen (secondary N) is 2. The highest BCUT2D eigenvalue weighted by Crippen LogP contribution is 2.17. The minimum atomic E-state index is -0.173. The summed E-state index contributed by atoms with van der Waals surface area (Å²) < 4.78 is 5.90. The van der Waals surface area contributed by atoms with Gasteiger partial charge in [-0.2, -0.15) is 4.98 Å². The maximum Gasteiger partial charge on any atom is 0.278 e. The molecule has 1 saturated heterocycles. The van der Waals surface area contributed by atoms with Gasteiger partial charge in [-0.1, -0.05) is 24.3 Å². The summed E-state index contributed by atoms with van der Waals surface area (Å²) in [7, 11) is 0. The normalized spacial score (nSPS) is 14.6. The van der Waals surface area contributed by atoms with Crippen LogP contribution in [0.15, 0.2) is 41.2 Å². The number of aromatic nitrogens is 2. The van der Waals surface area contributed by atoms with Crippen LogP contribution in [0.5, 0.6) is 5.75 Å². The Morgan fingerprint density at radius 1 is 1.31 bits per heavy atom. The summed E-state index contributed by atoms with van der Waals surface area (Å²) in [5, 5.41) is 3.18. The number of H-pyrrole nitrogens is 1. The van der Waals surface area contributed by atoms with E-state index in [4.69, 9.17) is 4.74 Å². The first-order valence-corrected chi connectivity index (χ1v) is 10.5. The van der Waals surface area contributed by atoms with Crippen molar-refractivity contribution in [2.75, 3.05) is 31.6 Å². The molecule has 1 aromatic heterocycles. The van der Waals surface area contributed by atoms with Crippen LogP contribution < -0.4 is 15.6 Å². The van der Waals surface area contributed by atoms with E-state index in [0.29, 0.717) is 31.1 Å². The highest BCUT2D eigenvalue weighted by Gasteiger charge is 2.12. The Morgan fingerprint density at radius 3 is 2.90 bits per heavy atom. The Hall–Kier alpha value is -2.60. The standard InChI is InChI=1S/C23H32N4O2/c1-3-4-11-21-18(2)25-23(26-22(21)28)24-12-8-15-29-20-10-7-9-19(16-20)17-27-13-5-6-14-27/h3-4,7,9-10,16H,5-6,8,11-15,17H2,1-2H3,(H2,24,25,26,28). The van der Waals surface area contributed by atoms with Gasteiger partial charge in [0.05, 0.1) is 6.61 Å². The van der Waals surface area contributed by atoms with Crippen molar-refractivity contribution in [2.45, 2.75) is 46.1 Å². The molecule has 3 rings (SSSR count). The molecule has 0 unspecified atom stereocenters. The maximum absolute atomic E-state index is 12.2. The molecule has 1 aliphatic rings. The van der Waals surface area contributed by atoms with Crippen LogP contribution in [0.1, 0.15) is 43.0 Å². The molecule has 0 spiro atoms. The molecule has 0 radical (unpaired) electrons. The molecule has 2 N–H and O–H groups in total. The summed E-state index contributed by atoms with van der Waals surface area (Å²) in [6.07, 6.45) is 7.94. The Balaban J connectivity index is 1.42. The zero-order chi connectivity index (χ0) is 20.5. The lowest BCUT2D eigenvalue weighted by Gasteiger charge is -2.15. The zero-order valence-electron chi connectivity index (χ0n) is 17.5. The number of nitrogens with zero attached hydrogens (tertiary/aromatic N) is 2. The summed E-state index contributed by atoms with van der Waals surface area (Å²) in [5.74, 6) is 1.43. The Kier molecular flexibility index (Phi) is 7.87. The van der Waals surface area contributed by atoms with Gasteiger partial charge in [0, 0.05) is 24.3 Å². The Morgan fingerprint density at radius 2 is 2.14 bits per heavy atom. The molecule has 0 aliphatic carbocycles. The molecule has 2 heterocycles. The number of aryl methyl sites for hydroxylation is 1. The highest BCUT2D eigenvalue weighted by molar-refractivity contribution is 5.30. The van der Waals surface area contributed by atoms with Crippen molar-refractivity contribution in [1.29, 1.82) is 0 Å². The maximum atomic E-state index is 12.2. The lowest BCUT2D eigenvalue weighted by molar-refractivity contribution is 0.310. The third kappa shape index (κ3) is 6.46. The Bertz CT molecular complexity index is 869. The molecule has 6 heteroatoms. The fraction of sp³-hybridized carbons (Fsp3) is 0.478. The van der Waals surface area contributed by atoms with Gasteiger partial charge < -0.3 is 15.0 Å². The number of ether oxygens (including phenoxy) is 1. The van der Waals surface area contributed by atoms with E-state index in [2.05, 4.69) is 38.4 Å². The van der Waals surface area contributed by atoms with Gasteiger partial charge in [-0.25, -0.2) is 0 Å². The molecule has 156 valence electrons. The van der Waals surface area contributed by atoms with Crippen LogP contribution >= 0.6 is 0 Å². The van der Waals surface area contributed by atoms with Crippen LogP contribution in [0, 0.1) is 6.92 Å². The van der Waals surface area contributed by atoms with Crippen LogP contribution in [0.4, 0.5) is 5.95 Å². The monoisotopic (exact) mass is 396 g/mol. The third-order valence-electron chi connectivity index (χ3n) is 5.17. The number of hydrogen-bond donors (Lipinski definition) is 2. The highest BCUT2D eigenvalue weighted by atomic mass is 16.5. The third-order valence-corrected chi connectivity index (χ3v) is 5.17. The van der Waals surface area contributed by atoms with Gasteiger partial charge in [0.15, 0.2) is 0 Å². The Labute approximate surface area is 173 Å². The quantitative estimate of drug-likeness (QED) is 0.474. The van der Waals surface area contributed by atoms with Crippen molar-refractivity contribution < 1.29 is 4.74 Å². The number of benzene rings is 1. The zero-order valence-corrected chi connectivity index (χ0v) is 17.5. The summed E-state index contributed by atoms with van der Waals surface area (Å²) in [5.41, 5.74) is 2.70. The predicted octanol–water partition coefficient (Wildman–Crippen LogP) is 3.67. The summed E-state index contributed by atoms with van der Waals surface area (Å²) >= 11 is 0. The summed E-state index contributed by atoms with van der Waals surface area (Å²) in [6.45, 7) is 8.55. The van der Waals surface area contributed by atoms with E-state index in [-0.39, 0.29) is 5.56 Å². The number of anilines is 1. The van der Waals surface area contributed by atoms with Crippen LogP contribution in [-0.4, -0.2) is 41.1 Å². The fourth-order valence-corrected chi connectivity index (χ4v) is 3.57. The van der Waals surface area contributed by atoms with Crippen LogP contribution in [-0.2, 0) is 13.0 Å². The molecule has 0 bridgehead atoms. The van der Waals surface area contributed by atoms with Crippen molar-refractivity contribution in [2.24, 2.45) is 0 Å². The van der Waals surface area contributed by atoms with Crippen LogP contribution in [0.25, 0.3) is 0 Å². The lowest BCUT2D eigenvalue weighted by atomic mass is 10.1. The molecule has 2 aromatic rings. The first-order valence-electron chi connectivity index (χ1n) is 10.5. The predicted molar refractivity (Wildman–Crippen MR) is 118 cm³/mol. The first-order chi connectivity index (χ1) is 14.2. The van der Waals surface area contributed by atoms with Crippen molar-refractivity contribution in [3.8, 4) is 5.75 Å². The van der Waals surface area contributed by atoms with E-state index in [0.717, 1.165) is 24.4 Å². The van der Waals surface area contributed by atoms with E-state index in [1.165, 1.54) is 31.5 Å². The SMILES string of the molecule is CC=CCc1c(C)[nH]c(NCCCOc2cccc(CN3CCCC3)c2)nc1=O. The van der Waals surface area contributed by atoms with E-state index in [1.54, 1.807) is 0 Å². The van der Waals surface area contributed by atoms with Crippen LogP contribution in [0.2, 0.25) is 0 Å². The molecule has 0 atom stereocenters. The smallest absolute Gasteiger partial charge is 0.278 e. The molecule has 0 saturated carbocycles. The van der Waals surface area contributed by atoms with Gasteiger partial charge in [-0.3, -0.25) is 9.69 Å². The molecule has 6 nitrogen and oxygen atoms in total. The second-order valence-electron chi connectivity index (χ2n) is 7.53. The fourth-order valence-electron chi connectivity index (χ4n) is 3.57. The van der Waals surface area contributed by atoms with Gasteiger partial charge >= 0.3 is 0 Å². The van der Waals surface area contributed by atoms with Gasteiger partial charge in [0.1, 0.15) is 5.75 Å². The van der Waals surface area contributed by atoms with Gasteiger partial charge in [0.2, 0.25) is 5.95 Å². The minimum absolute atomic E-state index is 0.173. The molecule has 1 aliphatic heterocycles. The largest absolute Gasteiger partial charge is 0.494 e. The number of hydrogen-bond acceptors (Lipinski definition) is 5. The molecule has 1 fully saturated rings. The molecule has 0 amide bonds. The second kappa shape index (κ2) is 10.8. The van der Waals surface area contributed by atoms with Crippen molar-refractivity contribution in [3.63, 3.8) is 0 Å². The first kappa shape index (κ1) is 21.1. The number of allylic oxidation sites excluding steroid dienone is 2. The number of aromatic amines is 1. The number of rotatable bonds is 10. The van der Waals surface area contributed by atoms with Crippen LogP contribution in [0.3, 0.4) is 0 Å². The van der Waals surface area contributed by atoms with Crippen molar-refractivity contribution in [3.05, 3.63) is 63.6 Å². The van der Waals surface area contributed by atoms with Gasteiger partial charge in [-0.05, 0) is 70.3 Å². The molecular weight excluding hydrogens is 364 g/mol. The van der Waals surface area contributed by atoms with E-state index in [9.17, 15) is 4.79 Å². The summed E-state index contributed by atoms with van der Waals surface area (Å²) in [4.78, 5) is 21.9. The topological polar surface area (TPSA) is 70.2 Å². The van der Waals surface area contributed by atoms with E-state index < -0.39 is 0 Å². The lowest BCUT2D eigenvalue weighted by Crippen LogP contribution is -2.20. The van der Waals surface area contributed by atoms with Gasteiger partial charge in [0.25, 0.3) is 5.56 Å². The van der Waals surface area contributed by atoms with Gasteiger partial charge in [-0.15, -0.1) is 0 Å². The van der Waals surface area contributed by atoms with E-state index >= 15 is 0 Å². The minimum Gasteiger partial charge on any atom is -0.494 e. The molecule has 29 heavy (non-hydrogen) atoms. The average Bonchev–Trinajstić information content (AvgIpc) is 3.20. The number of likely N-dealkylation sites (tertiary alicyclic amines) is 1.